The molecule has 0 amide bonds. The molecule has 17 heavy (non-hydrogen) atoms. The minimum atomic E-state index is -6.00. The molecule has 0 aliphatic carbocycles. The van der Waals surface area contributed by atoms with Crippen molar-refractivity contribution in [3.63, 3.8) is 0 Å². The van der Waals surface area contributed by atoms with Gasteiger partial charge in [0, 0.05) is 12.5 Å². The van der Waals surface area contributed by atoms with Crippen LogP contribution in [0.5, 0.6) is 0 Å². The number of hydrogen-bond acceptors (Lipinski definition) is 1. The monoisotopic (exact) mass is 265 g/mol. The summed E-state index contributed by atoms with van der Waals surface area (Å²) in [5.41, 5.74) is 3.57. The Morgan fingerprint density at radius 3 is 2.35 bits per heavy atom. The summed E-state index contributed by atoms with van der Waals surface area (Å²) in [6.45, 7) is 3.34. The predicted molar refractivity (Wildman–Crippen MR) is 62.5 cm³/mol. The number of halogens is 4. The fourth-order valence-corrected chi connectivity index (χ4v) is 2.31. The third-order valence-electron chi connectivity index (χ3n) is 1.95. The lowest BCUT2D eigenvalue weighted by Crippen LogP contribution is -2.30. The second kappa shape index (κ2) is 6.00. The Bertz CT molecular complexity index is 463. The van der Waals surface area contributed by atoms with Crippen LogP contribution in [0.2, 0.25) is 0 Å². The first kappa shape index (κ1) is 14.0. The van der Waals surface area contributed by atoms with Gasteiger partial charge in [0.1, 0.15) is 11.2 Å². The molecule has 1 aromatic carbocycles. The van der Waals surface area contributed by atoms with Gasteiger partial charge in [0.15, 0.2) is 0 Å². The van der Waals surface area contributed by atoms with Crippen LogP contribution in [-0.4, -0.2) is 7.25 Å². The highest BCUT2D eigenvalue weighted by Crippen LogP contribution is 2.14. The average Bonchev–Trinajstić information content (AvgIpc) is 2.60. The van der Waals surface area contributed by atoms with Gasteiger partial charge in [0.2, 0.25) is 11.0 Å². The number of nitrogens with zero attached hydrogens (tertiary/aromatic N) is 1. The average molecular weight is 265 g/mol. The van der Waals surface area contributed by atoms with Crippen molar-refractivity contribution < 1.29 is 21.8 Å². The Balaban J connectivity index is 0.000000249. The van der Waals surface area contributed by atoms with Gasteiger partial charge in [-0.25, -0.2) is 0 Å². The Labute approximate surface area is 101 Å². The third kappa shape index (κ3) is 5.17. The number of benzene rings is 1. The Morgan fingerprint density at radius 2 is 1.76 bits per heavy atom. The lowest BCUT2D eigenvalue weighted by atomic mass is 10.3. The molecule has 0 N–H and O–H groups in total. The quantitative estimate of drug-likeness (QED) is 0.440. The van der Waals surface area contributed by atoms with Crippen LogP contribution in [0.15, 0.2) is 29.8 Å². The van der Waals surface area contributed by atoms with Gasteiger partial charge < -0.3 is 17.3 Å². The summed E-state index contributed by atoms with van der Waals surface area (Å²) in [4.78, 5) is 0. The largest absolute Gasteiger partial charge is 0.673 e. The number of aryl methyl sites for hydroxylation is 1. The van der Waals surface area contributed by atoms with Crippen molar-refractivity contribution in [1.29, 1.82) is 0 Å². The van der Waals surface area contributed by atoms with Crippen molar-refractivity contribution in [3.8, 4) is 0 Å². The molecule has 94 valence electrons. The zero-order valence-electron chi connectivity index (χ0n) is 9.25. The first-order valence-corrected chi connectivity index (χ1v) is 6.02. The van der Waals surface area contributed by atoms with Crippen LogP contribution in [0.1, 0.15) is 13.3 Å². The summed E-state index contributed by atoms with van der Waals surface area (Å²) >= 11 is 1.82. The third-order valence-corrected chi connectivity index (χ3v) is 2.91. The molecule has 1 heterocycles. The van der Waals surface area contributed by atoms with E-state index in [-0.39, 0.29) is 0 Å². The molecule has 1 aromatic heterocycles. The van der Waals surface area contributed by atoms with Crippen LogP contribution >= 0.6 is 11.3 Å². The van der Waals surface area contributed by atoms with Crippen LogP contribution in [0, 0.1) is 0 Å². The Morgan fingerprint density at radius 1 is 1.18 bits per heavy atom. The van der Waals surface area contributed by atoms with Gasteiger partial charge in [-0.05, 0) is 6.07 Å². The van der Waals surface area contributed by atoms with Gasteiger partial charge in [-0.3, -0.25) is 0 Å². The molecule has 0 aliphatic rings. The lowest BCUT2D eigenvalue weighted by molar-refractivity contribution is -0.667. The summed E-state index contributed by atoms with van der Waals surface area (Å²) in [5, 5.41) is 0. The molecule has 0 fully saturated rings. The van der Waals surface area contributed by atoms with Crippen LogP contribution in [-0.2, 0) is 6.54 Å². The van der Waals surface area contributed by atoms with E-state index in [0.29, 0.717) is 0 Å². The molecule has 1 nitrogen and oxygen atoms in total. The number of aromatic nitrogens is 1. The summed E-state index contributed by atoms with van der Waals surface area (Å²) in [7, 11) is -6.00. The molecule has 0 bridgehead atoms. The normalized spacial score (nSPS) is 11.1. The van der Waals surface area contributed by atoms with Crippen molar-refractivity contribution in [1.82, 2.24) is 0 Å². The second-order valence-electron chi connectivity index (χ2n) is 3.38. The van der Waals surface area contributed by atoms with Crippen molar-refractivity contribution in [3.05, 3.63) is 29.8 Å². The van der Waals surface area contributed by atoms with Gasteiger partial charge in [0.25, 0.3) is 0 Å². The summed E-state index contributed by atoms with van der Waals surface area (Å²) in [6, 6.07) is 8.55. The van der Waals surface area contributed by atoms with E-state index in [1.54, 1.807) is 0 Å². The zero-order valence-corrected chi connectivity index (χ0v) is 10.1. The molecule has 0 spiro atoms. The molecule has 0 atom stereocenters. The minimum absolute atomic E-state index is 1.13. The Kier molecular flexibility index (Phi) is 4.93. The van der Waals surface area contributed by atoms with Crippen LogP contribution in [0.3, 0.4) is 0 Å². The molecular weight excluding hydrogens is 253 g/mol. The molecule has 0 aliphatic heterocycles. The maximum atomic E-state index is 9.75. The maximum Gasteiger partial charge on any atom is 0.673 e. The maximum absolute atomic E-state index is 9.75. The number of thiazole rings is 1. The van der Waals surface area contributed by atoms with E-state index in [1.165, 1.54) is 16.6 Å². The number of hydrogen-bond donors (Lipinski definition) is 0. The topological polar surface area (TPSA) is 3.88 Å². The first-order chi connectivity index (χ1) is 7.92. The van der Waals surface area contributed by atoms with E-state index in [2.05, 4.69) is 41.3 Å². The summed E-state index contributed by atoms with van der Waals surface area (Å²) < 4.78 is 42.7. The van der Waals surface area contributed by atoms with Gasteiger partial charge in [-0.15, -0.1) is 0 Å². The van der Waals surface area contributed by atoms with Gasteiger partial charge >= 0.3 is 7.25 Å². The standard InChI is InChI=1S/C10H12NS.BF4/c1-2-7-11-8-12-10-6-4-3-5-9(10)11;2-1(3,4)5/h3-6,8H,2,7H2,1H3;/q+1;-1. The van der Waals surface area contributed by atoms with Crippen molar-refractivity contribution in [2.45, 2.75) is 19.9 Å². The molecule has 0 unspecified atom stereocenters. The molecule has 0 saturated carbocycles. The smallest absolute Gasteiger partial charge is 0.418 e. The highest BCUT2D eigenvalue weighted by Gasteiger charge is 2.20. The fourth-order valence-electron chi connectivity index (χ4n) is 1.39. The molecule has 2 aromatic rings. The Hall–Kier alpha value is -1.11. The van der Waals surface area contributed by atoms with Crippen molar-refractivity contribution in [2.24, 2.45) is 0 Å². The van der Waals surface area contributed by atoms with E-state index < -0.39 is 7.25 Å². The molecule has 2 rings (SSSR count). The molecule has 0 saturated heterocycles. The van der Waals surface area contributed by atoms with Crippen molar-refractivity contribution in [2.75, 3.05) is 0 Å². The van der Waals surface area contributed by atoms with Crippen molar-refractivity contribution >= 4 is 28.8 Å². The minimum Gasteiger partial charge on any atom is -0.418 e. The van der Waals surface area contributed by atoms with E-state index in [4.69, 9.17) is 0 Å². The number of fused-ring (bicyclic) bond motifs is 1. The highest BCUT2D eigenvalue weighted by atomic mass is 32.1. The van der Waals surface area contributed by atoms with Gasteiger partial charge in [0.05, 0.1) is 0 Å². The summed E-state index contributed by atoms with van der Waals surface area (Å²) in [5.74, 6) is 0. The van der Waals surface area contributed by atoms with Crippen LogP contribution in [0.4, 0.5) is 17.3 Å². The van der Waals surface area contributed by atoms with E-state index in [0.717, 1.165) is 6.54 Å². The summed E-state index contributed by atoms with van der Waals surface area (Å²) in [6.07, 6.45) is 1.20. The van der Waals surface area contributed by atoms with E-state index >= 15 is 0 Å². The zero-order chi connectivity index (χ0) is 12.9. The van der Waals surface area contributed by atoms with E-state index in [9.17, 15) is 17.3 Å². The molecular formula is C10H12BF4NS. The van der Waals surface area contributed by atoms with E-state index in [1.807, 2.05) is 11.3 Å². The fraction of sp³-hybridized carbons (Fsp3) is 0.300. The first-order valence-electron chi connectivity index (χ1n) is 5.15. The molecule has 0 radical (unpaired) electrons. The lowest BCUT2D eigenvalue weighted by Gasteiger charge is -1.94. The molecule has 7 heteroatoms. The predicted octanol–water partition coefficient (Wildman–Crippen LogP) is 3.90. The number of rotatable bonds is 2. The second-order valence-corrected chi connectivity index (χ2v) is 4.27. The van der Waals surface area contributed by atoms with Gasteiger partial charge in [-0.1, -0.05) is 30.4 Å². The van der Waals surface area contributed by atoms with Crippen LogP contribution in [0.25, 0.3) is 10.2 Å². The SMILES string of the molecule is CCC[n+]1csc2ccccc21.F[B-](F)(F)F. The van der Waals surface area contributed by atoms with Gasteiger partial charge in [-0.2, -0.15) is 4.57 Å². The highest BCUT2D eigenvalue weighted by molar-refractivity contribution is 7.16. The van der Waals surface area contributed by atoms with Crippen LogP contribution < -0.4 is 4.57 Å². The number of para-hydroxylation sites is 1.